The molecule has 0 aliphatic carbocycles. The molecular formula is C17H16Cl2O3. The van der Waals surface area contributed by atoms with E-state index in [-0.39, 0.29) is 12.4 Å². The number of benzene rings is 2. The molecule has 1 aliphatic rings. The summed E-state index contributed by atoms with van der Waals surface area (Å²) in [7, 11) is 0. The molecule has 2 aromatic rings. The number of halogens is 2. The molecule has 3 nitrogen and oxygen atoms in total. The Bertz CT molecular complexity index is 611. The first-order valence-electron chi connectivity index (χ1n) is 7.06. The summed E-state index contributed by atoms with van der Waals surface area (Å²) in [5.41, 5.74) is 1.99. The summed E-state index contributed by atoms with van der Waals surface area (Å²) in [4.78, 5) is 0. The molecule has 22 heavy (non-hydrogen) atoms. The highest BCUT2D eigenvalue weighted by molar-refractivity contribution is 6.42. The summed E-state index contributed by atoms with van der Waals surface area (Å²) < 4.78 is 17.2. The Morgan fingerprint density at radius 1 is 0.955 bits per heavy atom. The van der Waals surface area contributed by atoms with Gasteiger partial charge in [0.25, 0.3) is 0 Å². The van der Waals surface area contributed by atoms with Crippen LogP contribution in [0.5, 0.6) is 0 Å². The third-order valence-corrected chi connectivity index (χ3v) is 4.15. The third kappa shape index (κ3) is 4.00. The van der Waals surface area contributed by atoms with Crippen LogP contribution in [-0.2, 0) is 20.8 Å². The van der Waals surface area contributed by atoms with Gasteiger partial charge in [-0.3, -0.25) is 0 Å². The van der Waals surface area contributed by atoms with Crippen molar-refractivity contribution in [3.8, 4) is 0 Å². The highest BCUT2D eigenvalue weighted by Crippen LogP contribution is 2.25. The maximum absolute atomic E-state index is 5.99. The second-order valence-electron chi connectivity index (χ2n) is 5.09. The monoisotopic (exact) mass is 338 g/mol. The number of hydrogen-bond acceptors (Lipinski definition) is 3. The Labute approximate surface area is 139 Å². The largest absolute Gasteiger partial charge is 0.369 e. The summed E-state index contributed by atoms with van der Waals surface area (Å²) in [5.74, 6) is 0. The molecule has 0 radical (unpaired) electrons. The van der Waals surface area contributed by atoms with E-state index in [0.29, 0.717) is 29.9 Å². The molecule has 5 heteroatoms. The normalized spacial score (nSPS) is 21.7. The molecule has 1 aliphatic heterocycles. The fraction of sp³-hybridized carbons (Fsp3) is 0.294. The third-order valence-electron chi connectivity index (χ3n) is 3.41. The minimum atomic E-state index is -0.314. The van der Waals surface area contributed by atoms with Crippen LogP contribution in [0.4, 0.5) is 0 Å². The van der Waals surface area contributed by atoms with Crippen LogP contribution in [0.1, 0.15) is 17.4 Å². The van der Waals surface area contributed by atoms with Crippen LogP contribution < -0.4 is 0 Å². The Balaban J connectivity index is 1.49. The van der Waals surface area contributed by atoms with E-state index in [1.807, 2.05) is 36.4 Å². The topological polar surface area (TPSA) is 27.7 Å². The molecular weight excluding hydrogens is 323 g/mol. The lowest BCUT2D eigenvalue weighted by atomic mass is 10.2. The van der Waals surface area contributed by atoms with Crippen LogP contribution in [0.25, 0.3) is 0 Å². The second-order valence-corrected chi connectivity index (χ2v) is 5.91. The van der Waals surface area contributed by atoms with E-state index in [4.69, 9.17) is 37.4 Å². The Kier molecular flexibility index (Phi) is 5.34. The molecule has 0 amide bonds. The van der Waals surface area contributed by atoms with Gasteiger partial charge < -0.3 is 14.2 Å². The number of hydrogen-bond donors (Lipinski definition) is 0. The molecule has 0 spiro atoms. The van der Waals surface area contributed by atoms with E-state index in [2.05, 4.69) is 0 Å². The van der Waals surface area contributed by atoms with Gasteiger partial charge in [0.2, 0.25) is 0 Å². The van der Waals surface area contributed by atoms with Gasteiger partial charge >= 0.3 is 0 Å². The Morgan fingerprint density at radius 2 is 1.68 bits per heavy atom. The molecule has 0 bridgehead atoms. The van der Waals surface area contributed by atoms with Crippen LogP contribution in [0.3, 0.4) is 0 Å². The van der Waals surface area contributed by atoms with Gasteiger partial charge in [0, 0.05) is 5.56 Å². The first kappa shape index (κ1) is 15.8. The Hall–Kier alpha value is -1.10. The predicted octanol–water partition coefficient (Wildman–Crippen LogP) is 4.62. The minimum absolute atomic E-state index is 0.0885. The molecule has 0 atom stereocenters. The van der Waals surface area contributed by atoms with Crippen molar-refractivity contribution in [1.82, 2.24) is 0 Å². The van der Waals surface area contributed by atoms with Crippen LogP contribution in [0.2, 0.25) is 10.0 Å². The van der Waals surface area contributed by atoms with Crippen LogP contribution in [0, 0.1) is 0 Å². The van der Waals surface area contributed by atoms with E-state index < -0.39 is 0 Å². The van der Waals surface area contributed by atoms with Gasteiger partial charge in [-0.05, 0) is 17.7 Å². The van der Waals surface area contributed by atoms with E-state index >= 15 is 0 Å². The molecule has 3 rings (SSSR count). The van der Waals surface area contributed by atoms with Gasteiger partial charge in [0.1, 0.15) is 6.10 Å². The molecule has 0 aromatic heterocycles. The van der Waals surface area contributed by atoms with E-state index in [0.717, 1.165) is 11.1 Å². The molecule has 116 valence electrons. The second kappa shape index (κ2) is 7.44. The Morgan fingerprint density at radius 3 is 2.36 bits per heavy atom. The SMILES string of the molecule is Clc1ccc(CO[C@H]2CO[C@@H](c3ccccc3)OC2)cc1Cl. The maximum Gasteiger partial charge on any atom is 0.184 e. The average Bonchev–Trinajstić information content (AvgIpc) is 2.57. The number of rotatable bonds is 4. The van der Waals surface area contributed by atoms with Gasteiger partial charge in [-0.25, -0.2) is 0 Å². The zero-order valence-corrected chi connectivity index (χ0v) is 13.4. The standard InChI is InChI=1S/C17H16Cl2O3/c18-15-7-6-12(8-16(15)19)9-20-14-10-21-17(22-11-14)13-4-2-1-3-5-13/h1-8,14,17H,9-11H2/t14-,17+. The van der Waals surface area contributed by atoms with E-state index in [1.54, 1.807) is 12.1 Å². The van der Waals surface area contributed by atoms with Crippen molar-refractivity contribution in [2.24, 2.45) is 0 Å². The molecule has 0 N–H and O–H groups in total. The van der Waals surface area contributed by atoms with Crippen molar-refractivity contribution in [3.63, 3.8) is 0 Å². The summed E-state index contributed by atoms with van der Waals surface area (Å²) in [6.07, 6.45) is -0.402. The molecule has 0 unspecified atom stereocenters. The quantitative estimate of drug-likeness (QED) is 0.813. The highest BCUT2D eigenvalue weighted by Gasteiger charge is 2.23. The molecule has 0 saturated carbocycles. The van der Waals surface area contributed by atoms with Gasteiger partial charge in [0.05, 0.1) is 29.9 Å². The van der Waals surface area contributed by atoms with E-state index in [9.17, 15) is 0 Å². The van der Waals surface area contributed by atoms with Crippen molar-refractivity contribution < 1.29 is 14.2 Å². The zero-order chi connectivity index (χ0) is 15.4. The summed E-state index contributed by atoms with van der Waals surface area (Å²) in [6, 6.07) is 15.3. The van der Waals surface area contributed by atoms with Gasteiger partial charge in [-0.2, -0.15) is 0 Å². The summed E-state index contributed by atoms with van der Waals surface area (Å²) in [6.45, 7) is 1.45. The van der Waals surface area contributed by atoms with Crippen molar-refractivity contribution in [2.75, 3.05) is 13.2 Å². The molecule has 2 aromatic carbocycles. The fourth-order valence-electron chi connectivity index (χ4n) is 2.23. The van der Waals surface area contributed by atoms with Crippen molar-refractivity contribution in [1.29, 1.82) is 0 Å². The van der Waals surface area contributed by atoms with Crippen molar-refractivity contribution >= 4 is 23.2 Å². The van der Waals surface area contributed by atoms with Gasteiger partial charge in [-0.1, -0.05) is 59.6 Å². The summed E-state index contributed by atoms with van der Waals surface area (Å²) in [5, 5.41) is 1.07. The fourth-order valence-corrected chi connectivity index (χ4v) is 2.55. The maximum atomic E-state index is 5.99. The molecule has 1 saturated heterocycles. The van der Waals surface area contributed by atoms with Crippen LogP contribution in [0.15, 0.2) is 48.5 Å². The van der Waals surface area contributed by atoms with Gasteiger partial charge in [0.15, 0.2) is 6.29 Å². The lowest BCUT2D eigenvalue weighted by Crippen LogP contribution is -2.33. The zero-order valence-electron chi connectivity index (χ0n) is 11.9. The van der Waals surface area contributed by atoms with Crippen LogP contribution >= 0.6 is 23.2 Å². The lowest BCUT2D eigenvalue weighted by molar-refractivity contribution is -0.232. The first-order chi connectivity index (χ1) is 10.7. The van der Waals surface area contributed by atoms with Crippen LogP contribution in [-0.4, -0.2) is 19.3 Å². The smallest absolute Gasteiger partial charge is 0.184 e. The first-order valence-corrected chi connectivity index (χ1v) is 7.81. The molecule has 1 heterocycles. The average molecular weight is 339 g/mol. The summed E-state index contributed by atoms with van der Waals surface area (Å²) >= 11 is 11.9. The molecule has 1 fully saturated rings. The lowest BCUT2D eigenvalue weighted by Gasteiger charge is -2.29. The van der Waals surface area contributed by atoms with E-state index in [1.165, 1.54) is 0 Å². The van der Waals surface area contributed by atoms with Crippen molar-refractivity contribution in [2.45, 2.75) is 19.0 Å². The van der Waals surface area contributed by atoms with Gasteiger partial charge in [-0.15, -0.1) is 0 Å². The van der Waals surface area contributed by atoms with Crippen molar-refractivity contribution in [3.05, 3.63) is 69.7 Å². The number of ether oxygens (including phenoxy) is 3. The highest BCUT2D eigenvalue weighted by atomic mass is 35.5. The predicted molar refractivity (Wildman–Crippen MR) is 86.1 cm³/mol. The minimum Gasteiger partial charge on any atom is -0.369 e.